The highest BCUT2D eigenvalue weighted by Crippen LogP contribution is 2.27. The molecular formula is C23H31N5O3Si. The first-order valence-electron chi connectivity index (χ1n) is 11.1. The number of morpholine rings is 1. The van der Waals surface area contributed by atoms with E-state index >= 15 is 0 Å². The fourth-order valence-corrected chi connectivity index (χ4v) is 4.40. The SMILES string of the molecule is Cc1cc(-c2ncn(COCC[Si](C)(C)C)n2)c2cc(C(=O)N3CCOCC3)ccc2n1. The van der Waals surface area contributed by atoms with Gasteiger partial charge in [-0.3, -0.25) is 9.78 Å². The van der Waals surface area contributed by atoms with E-state index < -0.39 is 8.07 Å². The smallest absolute Gasteiger partial charge is 0.254 e. The first kappa shape index (κ1) is 22.6. The number of nitrogens with zero attached hydrogens (tertiary/aromatic N) is 5. The molecule has 0 atom stereocenters. The summed E-state index contributed by atoms with van der Waals surface area (Å²) in [5.74, 6) is 0.612. The van der Waals surface area contributed by atoms with E-state index in [0.29, 0.717) is 44.4 Å². The topological polar surface area (TPSA) is 82.4 Å². The summed E-state index contributed by atoms with van der Waals surface area (Å²) in [5.41, 5.74) is 3.20. The summed E-state index contributed by atoms with van der Waals surface area (Å²) < 4.78 is 12.9. The second-order valence-electron chi connectivity index (χ2n) is 9.40. The van der Waals surface area contributed by atoms with Crippen LogP contribution in [0.5, 0.6) is 0 Å². The van der Waals surface area contributed by atoms with E-state index in [0.717, 1.165) is 34.8 Å². The third-order valence-corrected chi connectivity index (χ3v) is 7.18. The number of carbonyl (C=O) groups is 1. The number of rotatable bonds is 7. The van der Waals surface area contributed by atoms with E-state index in [9.17, 15) is 4.79 Å². The van der Waals surface area contributed by atoms with Crippen LogP contribution in [0.2, 0.25) is 25.7 Å². The van der Waals surface area contributed by atoms with E-state index in [-0.39, 0.29) is 5.91 Å². The predicted molar refractivity (Wildman–Crippen MR) is 126 cm³/mol. The van der Waals surface area contributed by atoms with Crippen molar-refractivity contribution in [3.63, 3.8) is 0 Å². The zero-order valence-electron chi connectivity index (χ0n) is 19.3. The van der Waals surface area contributed by atoms with Crippen molar-refractivity contribution < 1.29 is 14.3 Å². The number of fused-ring (bicyclic) bond motifs is 1. The van der Waals surface area contributed by atoms with Crippen LogP contribution in [0.25, 0.3) is 22.3 Å². The van der Waals surface area contributed by atoms with Crippen molar-refractivity contribution in [3.8, 4) is 11.4 Å². The Morgan fingerprint density at radius 2 is 1.97 bits per heavy atom. The van der Waals surface area contributed by atoms with E-state index in [4.69, 9.17) is 9.47 Å². The van der Waals surface area contributed by atoms with E-state index in [2.05, 4.69) is 34.7 Å². The maximum absolute atomic E-state index is 13.0. The Balaban J connectivity index is 1.58. The lowest BCUT2D eigenvalue weighted by atomic mass is 10.0. The van der Waals surface area contributed by atoms with Gasteiger partial charge in [0.25, 0.3) is 5.91 Å². The molecule has 0 bridgehead atoms. The summed E-state index contributed by atoms with van der Waals surface area (Å²) in [4.78, 5) is 24.0. The van der Waals surface area contributed by atoms with Gasteiger partial charge in [-0.25, -0.2) is 9.67 Å². The van der Waals surface area contributed by atoms with E-state index in [1.165, 1.54) is 0 Å². The minimum Gasteiger partial charge on any atom is -0.378 e. The Morgan fingerprint density at radius 1 is 1.19 bits per heavy atom. The van der Waals surface area contributed by atoms with Gasteiger partial charge in [0.05, 0.1) is 18.7 Å². The Morgan fingerprint density at radius 3 is 2.72 bits per heavy atom. The fourth-order valence-electron chi connectivity index (χ4n) is 3.64. The average molecular weight is 454 g/mol. The number of carbonyl (C=O) groups excluding carboxylic acids is 1. The van der Waals surface area contributed by atoms with Crippen LogP contribution in [0.1, 0.15) is 16.1 Å². The summed E-state index contributed by atoms with van der Waals surface area (Å²) in [6, 6.07) is 8.73. The molecule has 32 heavy (non-hydrogen) atoms. The summed E-state index contributed by atoms with van der Waals surface area (Å²) in [7, 11) is -1.12. The Hall–Kier alpha value is -2.62. The van der Waals surface area contributed by atoms with Crippen LogP contribution in [-0.2, 0) is 16.2 Å². The second kappa shape index (κ2) is 9.48. The molecule has 0 saturated carbocycles. The summed E-state index contributed by atoms with van der Waals surface area (Å²) in [6.07, 6.45) is 1.69. The number of amides is 1. The van der Waals surface area contributed by atoms with Crippen LogP contribution in [0.15, 0.2) is 30.6 Å². The minimum absolute atomic E-state index is 0.0102. The largest absolute Gasteiger partial charge is 0.378 e. The zero-order chi connectivity index (χ0) is 22.7. The molecule has 9 heteroatoms. The van der Waals surface area contributed by atoms with Gasteiger partial charge in [0.2, 0.25) is 0 Å². The molecule has 3 heterocycles. The second-order valence-corrected chi connectivity index (χ2v) is 15.0. The third kappa shape index (κ3) is 5.40. The number of ether oxygens (including phenoxy) is 2. The molecule has 0 radical (unpaired) electrons. The quantitative estimate of drug-likeness (QED) is 0.402. The molecule has 8 nitrogen and oxygen atoms in total. The molecule has 1 aliphatic heterocycles. The van der Waals surface area contributed by atoms with Crippen molar-refractivity contribution in [1.82, 2.24) is 24.6 Å². The maximum atomic E-state index is 13.0. The molecular weight excluding hydrogens is 422 g/mol. The molecule has 1 fully saturated rings. The van der Waals surface area contributed by atoms with Crippen LogP contribution < -0.4 is 0 Å². The minimum atomic E-state index is -1.12. The molecule has 4 rings (SSSR count). The van der Waals surface area contributed by atoms with Gasteiger partial charge in [-0.05, 0) is 37.2 Å². The number of benzene rings is 1. The summed E-state index contributed by atoms with van der Waals surface area (Å²) in [6.45, 7) is 12.4. The standard InChI is InChI=1S/C23H31N5O3Si/c1-17-13-20(22-24-15-28(26-22)16-31-11-12-32(2,3)4)19-14-18(5-6-21(19)25-17)23(29)27-7-9-30-10-8-27/h5-6,13-15H,7-12,16H2,1-4H3. The van der Waals surface area contributed by atoms with Crippen molar-refractivity contribution in [2.75, 3.05) is 32.9 Å². The van der Waals surface area contributed by atoms with E-state index in [1.54, 1.807) is 11.0 Å². The van der Waals surface area contributed by atoms with Crippen molar-refractivity contribution in [3.05, 3.63) is 41.9 Å². The van der Waals surface area contributed by atoms with Crippen molar-refractivity contribution in [1.29, 1.82) is 0 Å². The van der Waals surface area contributed by atoms with Gasteiger partial charge in [-0.2, -0.15) is 0 Å². The number of hydrogen-bond donors (Lipinski definition) is 0. The van der Waals surface area contributed by atoms with Crippen molar-refractivity contribution in [2.45, 2.75) is 39.3 Å². The molecule has 170 valence electrons. The normalized spacial score (nSPS) is 14.8. The van der Waals surface area contributed by atoms with Crippen molar-refractivity contribution >= 4 is 24.9 Å². The molecule has 0 unspecified atom stereocenters. The van der Waals surface area contributed by atoms with Gasteiger partial charge in [-0.1, -0.05) is 19.6 Å². The molecule has 1 aromatic carbocycles. The van der Waals surface area contributed by atoms with Gasteiger partial charge >= 0.3 is 0 Å². The molecule has 0 N–H and O–H groups in total. The average Bonchev–Trinajstić information content (AvgIpc) is 3.24. The number of aromatic nitrogens is 4. The van der Waals surface area contributed by atoms with Crippen LogP contribution >= 0.6 is 0 Å². The first-order valence-corrected chi connectivity index (χ1v) is 14.8. The molecule has 1 aliphatic rings. The van der Waals surface area contributed by atoms with Crippen LogP contribution in [0, 0.1) is 6.92 Å². The number of aryl methyl sites for hydroxylation is 1. The first-order chi connectivity index (χ1) is 15.3. The van der Waals surface area contributed by atoms with Crippen LogP contribution in [-0.4, -0.2) is 71.5 Å². The maximum Gasteiger partial charge on any atom is 0.254 e. The molecule has 2 aromatic heterocycles. The van der Waals surface area contributed by atoms with Gasteiger partial charge in [0.15, 0.2) is 5.82 Å². The van der Waals surface area contributed by atoms with E-state index in [1.807, 2.05) is 36.1 Å². The van der Waals surface area contributed by atoms with Gasteiger partial charge in [0.1, 0.15) is 13.1 Å². The summed E-state index contributed by atoms with van der Waals surface area (Å²) >= 11 is 0. The van der Waals surface area contributed by atoms with Crippen LogP contribution in [0.4, 0.5) is 0 Å². The third-order valence-electron chi connectivity index (χ3n) is 5.48. The number of hydrogen-bond acceptors (Lipinski definition) is 6. The molecule has 3 aromatic rings. The van der Waals surface area contributed by atoms with Gasteiger partial charge in [-0.15, -0.1) is 5.10 Å². The lowest BCUT2D eigenvalue weighted by Crippen LogP contribution is -2.40. The Labute approximate surface area is 189 Å². The monoisotopic (exact) mass is 453 g/mol. The summed E-state index contributed by atoms with van der Waals surface area (Å²) in [5, 5.41) is 5.49. The van der Waals surface area contributed by atoms with Crippen molar-refractivity contribution in [2.24, 2.45) is 0 Å². The highest BCUT2D eigenvalue weighted by Gasteiger charge is 2.20. The van der Waals surface area contributed by atoms with Crippen LogP contribution in [0.3, 0.4) is 0 Å². The highest BCUT2D eigenvalue weighted by atomic mass is 28.3. The molecule has 1 amide bonds. The lowest BCUT2D eigenvalue weighted by molar-refractivity contribution is 0.0303. The zero-order valence-corrected chi connectivity index (χ0v) is 20.3. The van der Waals surface area contributed by atoms with Gasteiger partial charge in [0, 0.05) is 50.0 Å². The molecule has 0 spiro atoms. The van der Waals surface area contributed by atoms with Gasteiger partial charge < -0.3 is 14.4 Å². The number of pyridine rings is 1. The Kier molecular flexibility index (Phi) is 6.68. The molecule has 1 saturated heterocycles. The fraction of sp³-hybridized carbons (Fsp3) is 0.478. The Bertz CT molecular complexity index is 1100. The lowest BCUT2D eigenvalue weighted by Gasteiger charge is -2.27. The molecule has 0 aliphatic carbocycles. The highest BCUT2D eigenvalue weighted by molar-refractivity contribution is 6.76. The predicted octanol–water partition coefficient (Wildman–Crippen LogP) is 3.59.